The van der Waals surface area contributed by atoms with Crippen molar-refractivity contribution in [2.45, 2.75) is 104 Å². The third-order valence-corrected chi connectivity index (χ3v) is 11.0. The molecule has 2 fully saturated rings. The predicted octanol–water partition coefficient (Wildman–Crippen LogP) is 5.32. The number of carbonyl (C=O) groups excluding carboxylic acids is 5. The van der Waals surface area contributed by atoms with Gasteiger partial charge in [-0.05, 0) is 73.6 Å². The van der Waals surface area contributed by atoms with E-state index in [0.29, 0.717) is 57.6 Å². The predicted molar refractivity (Wildman–Crippen MR) is 227 cm³/mol. The molecule has 13 nitrogen and oxygen atoms in total. The van der Waals surface area contributed by atoms with Gasteiger partial charge in [0.05, 0.1) is 6.04 Å². The number of nitrogens with zero attached hydrogens (tertiary/aromatic N) is 2. The molecule has 0 aromatic heterocycles. The van der Waals surface area contributed by atoms with Crippen LogP contribution in [-0.2, 0) is 32.0 Å². The van der Waals surface area contributed by atoms with Crippen LogP contribution in [0.1, 0.15) is 69.2 Å². The Labute approximate surface area is 349 Å². The van der Waals surface area contributed by atoms with Gasteiger partial charge in [-0.2, -0.15) is 0 Å². The van der Waals surface area contributed by atoms with Crippen molar-refractivity contribution in [3.8, 4) is 5.75 Å². The van der Waals surface area contributed by atoms with E-state index in [1.807, 2.05) is 120 Å². The van der Waals surface area contributed by atoms with Gasteiger partial charge in [0.2, 0.25) is 5.91 Å². The van der Waals surface area contributed by atoms with E-state index >= 15 is 0 Å². The number of aryl methyl sites for hydroxylation is 2. The normalized spacial score (nSPS) is 16.9. The van der Waals surface area contributed by atoms with Crippen molar-refractivity contribution in [1.82, 2.24) is 31.1 Å². The molecule has 318 valence electrons. The van der Waals surface area contributed by atoms with Crippen molar-refractivity contribution in [2.24, 2.45) is 11.8 Å². The highest BCUT2D eigenvalue weighted by molar-refractivity contribution is 5.88. The molecule has 0 radical (unpaired) electrons. The van der Waals surface area contributed by atoms with Crippen LogP contribution in [0.3, 0.4) is 0 Å². The lowest BCUT2D eigenvalue weighted by atomic mass is 9.92. The van der Waals surface area contributed by atoms with Gasteiger partial charge in [-0.1, -0.05) is 107 Å². The number of ether oxygens (including phenoxy) is 2. The maximum absolute atomic E-state index is 14.6. The molecule has 2 aliphatic heterocycles. The Bertz CT molecular complexity index is 1850. The summed E-state index contributed by atoms with van der Waals surface area (Å²) in [7, 11) is 0. The fraction of sp³-hybridized carbons (Fsp3) is 0.500. The third kappa shape index (κ3) is 12.5. The van der Waals surface area contributed by atoms with Crippen LogP contribution < -0.4 is 26.0 Å². The molecule has 6 amide bonds. The van der Waals surface area contributed by atoms with Crippen LogP contribution in [0.4, 0.5) is 9.59 Å². The SMILES string of the molecule is Cc1cccc(C)c1OCC(=O)N[C@@H](Cc1ccccc1)[C@H](C[C@H](Cc1ccccc1)NC(=O)[C@H](C(C)C)N1CCCNC1=O)OC(=O)[C@H](C(C)C)N1CCCNC1=O. The van der Waals surface area contributed by atoms with E-state index in [9.17, 15) is 24.0 Å². The molecular weight excluding hydrogens is 749 g/mol. The summed E-state index contributed by atoms with van der Waals surface area (Å²) in [6, 6.07) is 21.4. The van der Waals surface area contributed by atoms with Crippen LogP contribution in [0.25, 0.3) is 0 Å². The second-order valence-corrected chi connectivity index (χ2v) is 16.4. The Morgan fingerprint density at radius 2 is 1.22 bits per heavy atom. The van der Waals surface area contributed by atoms with E-state index in [4.69, 9.17) is 9.47 Å². The maximum Gasteiger partial charge on any atom is 0.329 e. The molecule has 2 heterocycles. The molecule has 0 saturated carbocycles. The van der Waals surface area contributed by atoms with Crippen molar-refractivity contribution in [3.05, 3.63) is 101 Å². The van der Waals surface area contributed by atoms with Crippen molar-refractivity contribution >= 4 is 29.8 Å². The number of amides is 6. The second-order valence-electron chi connectivity index (χ2n) is 16.4. The Balaban J connectivity index is 1.52. The number of benzene rings is 3. The first kappa shape index (κ1) is 44.5. The van der Waals surface area contributed by atoms with Gasteiger partial charge in [0.15, 0.2) is 6.61 Å². The van der Waals surface area contributed by atoms with Crippen LogP contribution in [0.2, 0.25) is 0 Å². The van der Waals surface area contributed by atoms with Crippen LogP contribution in [0.5, 0.6) is 5.75 Å². The monoisotopic (exact) mass is 810 g/mol. The highest BCUT2D eigenvalue weighted by Gasteiger charge is 2.40. The molecule has 0 aliphatic carbocycles. The molecule has 5 atom stereocenters. The molecule has 3 aromatic carbocycles. The quantitative estimate of drug-likeness (QED) is 0.119. The van der Waals surface area contributed by atoms with E-state index in [-0.39, 0.29) is 42.8 Å². The van der Waals surface area contributed by atoms with E-state index < -0.39 is 42.1 Å². The minimum atomic E-state index is -0.981. The topological polar surface area (TPSA) is 158 Å². The van der Waals surface area contributed by atoms with E-state index in [1.54, 1.807) is 4.90 Å². The van der Waals surface area contributed by atoms with Crippen molar-refractivity contribution < 1.29 is 33.4 Å². The zero-order valence-electron chi connectivity index (χ0n) is 35.4. The van der Waals surface area contributed by atoms with Gasteiger partial charge in [0.25, 0.3) is 5.91 Å². The molecule has 0 unspecified atom stereocenters. The summed E-state index contributed by atoms with van der Waals surface area (Å²) < 4.78 is 12.6. The summed E-state index contributed by atoms with van der Waals surface area (Å²) in [5.74, 6) is -1.20. The molecule has 59 heavy (non-hydrogen) atoms. The Kier molecular flexibility index (Phi) is 16.2. The second kappa shape index (κ2) is 21.4. The van der Waals surface area contributed by atoms with E-state index in [1.165, 1.54) is 4.90 Å². The zero-order chi connectivity index (χ0) is 42.5. The van der Waals surface area contributed by atoms with Crippen LogP contribution in [0.15, 0.2) is 78.9 Å². The van der Waals surface area contributed by atoms with Gasteiger partial charge >= 0.3 is 18.0 Å². The number of urea groups is 2. The maximum atomic E-state index is 14.6. The highest BCUT2D eigenvalue weighted by atomic mass is 16.5. The van der Waals surface area contributed by atoms with E-state index in [2.05, 4.69) is 21.3 Å². The van der Waals surface area contributed by atoms with Gasteiger partial charge in [0, 0.05) is 38.6 Å². The summed E-state index contributed by atoms with van der Waals surface area (Å²) in [6.45, 7) is 13.0. The molecular formula is C46H62N6O7. The summed E-state index contributed by atoms with van der Waals surface area (Å²) in [5, 5.41) is 12.1. The van der Waals surface area contributed by atoms with Crippen molar-refractivity contribution in [3.63, 3.8) is 0 Å². The smallest absolute Gasteiger partial charge is 0.329 e. The highest BCUT2D eigenvalue weighted by Crippen LogP contribution is 2.24. The lowest BCUT2D eigenvalue weighted by Gasteiger charge is -2.39. The Morgan fingerprint density at radius 3 is 1.75 bits per heavy atom. The molecule has 3 aromatic rings. The largest absolute Gasteiger partial charge is 0.483 e. The first-order valence-electron chi connectivity index (χ1n) is 21.0. The van der Waals surface area contributed by atoms with Gasteiger partial charge in [-0.3, -0.25) is 9.59 Å². The van der Waals surface area contributed by atoms with Crippen LogP contribution in [0, 0.1) is 25.7 Å². The molecule has 4 N–H and O–H groups in total. The lowest BCUT2D eigenvalue weighted by molar-refractivity contribution is -0.159. The fourth-order valence-corrected chi connectivity index (χ4v) is 8.12. The number of hydrogen-bond acceptors (Lipinski definition) is 7. The van der Waals surface area contributed by atoms with Crippen molar-refractivity contribution in [1.29, 1.82) is 0 Å². The lowest BCUT2D eigenvalue weighted by Crippen LogP contribution is -2.60. The van der Waals surface area contributed by atoms with Crippen LogP contribution in [-0.4, -0.2) is 103 Å². The summed E-state index contributed by atoms with van der Waals surface area (Å²) >= 11 is 0. The van der Waals surface area contributed by atoms with Gasteiger partial charge in [-0.25, -0.2) is 14.4 Å². The minimum Gasteiger partial charge on any atom is -0.483 e. The summed E-state index contributed by atoms with van der Waals surface area (Å²) in [4.78, 5) is 72.2. The number of esters is 1. The minimum absolute atomic E-state index is 0.107. The molecule has 2 aliphatic rings. The van der Waals surface area contributed by atoms with E-state index in [0.717, 1.165) is 22.3 Å². The average Bonchev–Trinajstić information content (AvgIpc) is 3.19. The fourth-order valence-electron chi connectivity index (χ4n) is 8.12. The number of nitrogens with one attached hydrogen (secondary N) is 4. The molecule has 2 saturated heterocycles. The number of para-hydroxylation sites is 1. The van der Waals surface area contributed by atoms with Crippen molar-refractivity contribution in [2.75, 3.05) is 32.8 Å². The first-order valence-corrected chi connectivity index (χ1v) is 21.0. The summed E-state index contributed by atoms with van der Waals surface area (Å²) in [6.07, 6.45) is 1.19. The van der Waals surface area contributed by atoms with Crippen LogP contribution >= 0.6 is 0 Å². The van der Waals surface area contributed by atoms with Gasteiger partial charge < -0.3 is 40.5 Å². The average molecular weight is 811 g/mol. The zero-order valence-corrected chi connectivity index (χ0v) is 35.4. The number of rotatable bonds is 19. The molecule has 0 spiro atoms. The van der Waals surface area contributed by atoms with Gasteiger partial charge in [0.1, 0.15) is 23.9 Å². The summed E-state index contributed by atoms with van der Waals surface area (Å²) in [5.41, 5.74) is 3.63. The van der Waals surface area contributed by atoms with Gasteiger partial charge in [-0.15, -0.1) is 0 Å². The number of hydrogen-bond donors (Lipinski definition) is 4. The molecule has 5 rings (SSSR count). The number of carbonyl (C=O) groups is 5. The Hall–Kier alpha value is -5.59. The third-order valence-electron chi connectivity index (χ3n) is 11.0. The Morgan fingerprint density at radius 1 is 0.695 bits per heavy atom. The molecule has 0 bridgehead atoms. The first-order chi connectivity index (χ1) is 28.3. The standard InChI is InChI=1S/C46H62N6O7/c1-30(2)40(51-24-14-22-47-45(51)56)43(54)49-36(26-34-18-9-7-10-19-34)28-38(59-44(55)41(31(3)4)52-25-15-23-48-46(52)57)37(27-35-20-11-8-12-21-35)50-39(53)29-58-42-32(5)16-13-17-33(42)6/h7-13,16-21,30-31,36-38,40-41H,14-15,22-29H2,1-6H3,(H,47,56)(H,48,57)(H,49,54)(H,50,53)/t36-,37-,38-,40-,41-/m0/s1. The molecule has 13 heteroatoms.